The molecule has 1 heterocycles. The number of hydrogen-bond donors (Lipinski definition) is 0. The van der Waals surface area contributed by atoms with Gasteiger partial charge >= 0.3 is 91.2 Å². The third kappa shape index (κ3) is 1.70. The molecule has 1 aromatic heterocycles. The van der Waals surface area contributed by atoms with Crippen molar-refractivity contribution in [1.29, 1.82) is 0 Å². The number of hydrogen-bond acceptors (Lipinski definition) is 0. The molecule has 0 bridgehead atoms. The molecule has 2 aromatic rings. The molecule has 0 spiro atoms. The first kappa shape index (κ1) is 9.76. The van der Waals surface area contributed by atoms with E-state index < -0.39 is 0 Å². The van der Waals surface area contributed by atoms with Crippen molar-refractivity contribution in [3.8, 4) is 10.0 Å². The van der Waals surface area contributed by atoms with Crippen LogP contribution < -0.4 is 0 Å². The third-order valence-electron chi connectivity index (χ3n) is 2.44. The summed E-state index contributed by atoms with van der Waals surface area (Å²) in [6.07, 6.45) is 0. The van der Waals surface area contributed by atoms with Gasteiger partial charge in [0.2, 0.25) is 0 Å². The molecule has 0 unspecified atom stereocenters. The van der Waals surface area contributed by atoms with Crippen molar-refractivity contribution in [1.82, 2.24) is 0 Å². The molecule has 0 fully saturated rings. The Morgan fingerprint density at radius 1 is 1.00 bits per heavy atom. The van der Waals surface area contributed by atoms with Gasteiger partial charge in [0.05, 0.1) is 0 Å². The summed E-state index contributed by atoms with van der Waals surface area (Å²) in [5.41, 5.74) is 5.67. The van der Waals surface area contributed by atoms with E-state index in [0.717, 1.165) is 0 Å². The molecule has 1 heteroatoms. The van der Waals surface area contributed by atoms with Gasteiger partial charge in [-0.15, -0.1) is 0 Å². The second-order valence-electron chi connectivity index (χ2n) is 3.75. The van der Waals surface area contributed by atoms with Crippen LogP contribution in [0.3, 0.4) is 0 Å². The molecule has 72 valence electrons. The minimum absolute atomic E-state index is 0.546. The van der Waals surface area contributed by atoms with E-state index in [1.54, 1.807) is 0 Å². The number of rotatable bonds is 1. The van der Waals surface area contributed by atoms with Gasteiger partial charge in [0.25, 0.3) is 0 Å². The summed E-state index contributed by atoms with van der Waals surface area (Å²) in [6, 6.07) is 8.98. The Hall–Kier alpha value is -0.781. The van der Waals surface area contributed by atoms with E-state index in [2.05, 4.69) is 50.0 Å². The predicted molar refractivity (Wildman–Crippen MR) is 63.0 cm³/mol. The van der Waals surface area contributed by atoms with Crippen molar-refractivity contribution in [3.05, 3.63) is 45.9 Å². The summed E-state index contributed by atoms with van der Waals surface area (Å²) in [7, 11) is 0. The van der Waals surface area contributed by atoms with Crippen LogP contribution in [0.2, 0.25) is 0 Å². The Morgan fingerprint density at radius 3 is 2.14 bits per heavy atom. The topological polar surface area (TPSA) is 0 Å². The fourth-order valence-electron chi connectivity index (χ4n) is 1.99. The van der Waals surface area contributed by atoms with Crippen molar-refractivity contribution in [2.45, 2.75) is 20.8 Å². The van der Waals surface area contributed by atoms with Crippen LogP contribution >= 0.6 is 0 Å². The molecule has 0 amide bonds. The molecule has 0 radical (unpaired) electrons. The quantitative estimate of drug-likeness (QED) is 0.680. The zero-order valence-corrected chi connectivity index (χ0v) is 10.5. The summed E-state index contributed by atoms with van der Waals surface area (Å²) in [6.45, 7) is 6.59. The summed E-state index contributed by atoms with van der Waals surface area (Å²) in [4.78, 5) is 2.28. The Morgan fingerprint density at radius 2 is 1.64 bits per heavy atom. The SMILES string of the molecule is Cc1cc(C)c(-c2ccc[se]2)c(C)c1. The molecule has 0 saturated carbocycles. The van der Waals surface area contributed by atoms with Gasteiger partial charge < -0.3 is 0 Å². The fraction of sp³-hybridized carbons (Fsp3) is 0.231. The summed E-state index contributed by atoms with van der Waals surface area (Å²) in [5.74, 6) is 0. The molecule has 0 atom stereocenters. The third-order valence-corrected chi connectivity index (χ3v) is 4.31. The zero-order chi connectivity index (χ0) is 10.1. The maximum absolute atomic E-state index is 2.28. The van der Waals surface area contributed by atoms with E-state index in [4.69, 9.17) is 0 Å². The van der Waals surface area contributed by atoms with E-state index >= 15 is 0 Å². The van der Waals surface area contributed by atoms with Crippen LogP contribution in [0.25, 0.3) is 10.0 Å². The van der Waals surface area contributed by atoms with E-state index in [1.807, 2.05) is 0 Å². The van der Waals surface area contributed by atoms with Gasteiger partial charge in [0, 0.05) is 0 Å². The Kier molecular flexibility index (Phi) is 2.62. The van der Waals surface area contributed by atoms with Crippen LogP contribution in [0.1, 0.15) is 16.7 Å². The van der Waals surface area contributed by atoms with Crippen LogP contribution in [-0.2, 0) is 0 Å². The van der Waals surface area contributed by atoms with Crippen molar-refractivity contribution in [2.75, 3.05) is 0 Å². The molecular weight excluding hydrogens is 235 g/mol. The summed E-state index contributed by atoms with van der Waals surface area (Å²) in [5, 5.41) is 0. The van der Waals surface area contributed by atoms with Gasteiger partial charge in [-0.05, 0) is 0 Å². The first-order valence-corrected chi connectivity index (χ1v) is 6.65. The standard InChI is InChI=1S/C13H14Se/c1-9-7-10(2)13(11(3)8-9)12-5-4-6-14-12/h4-8H,1-3H3. The molecule has 0 aliphatic rings. The molecule has 0 saturated heterocycles. The zero-order valence-electron chi connectivity index (χ0n) is 8.79. The molecule has 0 aliphatic carbocycles. The van der Waals surface area contributed by atoms with Gasteiger partial charge in [-0.25, -0.2) is 0 Å². The van der Waals surface area contributed by atoms with Crippen LogP contribution in [-0.4, -0.2) is 14.5 Å². The van der Waals surface area contributed by atoms with Gasteiger partial charge in [-0.2, -0.15) is 0 Å². The van der Waals surface area contributed by atoms with Gasteiger partial charge in [-0.3, -0.25) is 0 Å². The second kappa shape index (κ2) is 3.76. The van der Waals surface area contributed by atoms with Crippen LogP contribution in [0.5, 0.6) is 0 Å². The fourth-order valence-corrected chi connectivity index (χ4v) is 3.88. The normalized spacial score (nSPS) is 10.5. The minimum atomic E-state index is 0.546. The van der Waals surface area contributed by atoms with Crippen molar-refractivity contribution in [2.24, 2.45) is 0 Å². The Balaban J connectivity index is 2.64. The van der Waals surface area contributed by atoms with E-state index in [-0.39, 0.29) is 0 Å². The molecule has 2 rings (SSSR count). The van der Waals surface area contributed by atoms with Crippen molar-refractivity contribution in [3.63, 3.8) is 0 Å². The second-order valence-corrected chi connectivity index (χ2v) is 5.74. The van der Waals surface area contributed by atoms with Gasteiger partial charge in [0.15, 0.2) is 0 Å². The van der Waals surface area contributed by atoms with Gasteiger partial charge in [-0.1, -0.05) is 0 Å². The first-order chi connectivity index (χ1) is 6.68. The first-order valence-electron chi connectivity index (χ1n) is 4.80. The van der Waals surface area contributed by atoms with Crippen LogP contribution in [0, 0.1) is 20.8 Å². The van der Waals surface area contributed by atoms with E-state index in [9.17, 15) is 0 Å². The van der Waals surface area contributed by atoms with Crippen LogP contribution in [0.4, 0.5) is 0 Å². The summed E-state index contributed by atoms with van der Waals surface area (Å²) >= 11 is 0.546. The monoisotopic (exact) mass is 250 g/mol. The molecular formula is C13H14Se. The van der Waals surface area contributed by atoms with Crippen molar-refractivity contribution >= 4 is 14.5 Å². The van der Waals surface area contributed by atoms with Gasteiger partial charge in [0.1, 0.15) is 0 Å². The summed E-state index contributed by atoms with van der Waals surface area (Å²) < 4.78 is 1.52. The Labute approximate surface area is 91.3 Å². The van der Waals surface area contributed by atoms with Crippen LogP contribution in [0.15, 0.2) is 29.2 Å². The average molecular weight is 249 g/mol. The molecule has 0 aliphatic heterocycles. The Bertz CT molecular complexity index is 415. The van der Waals surface area contributed by atoms with E-state index in [1.165, 1.54) is 26.7 Å². The van der Waals surface area contributed by atoms with E-state index in [0.29, 0.717) is 14.5 Å². The molecule has 1 aromatic carbocycles. The molecule has 0 N–H and O–H groups in total. The molecule has 14 heavy (non-hydrogen) atoms. The maximum atomic E-state index is 2.28. The predicted octanol–water partition coefficient (Wildman–Crippen LogP) is 3.34. The number of benzene rings is 1. The van der Waals surface area contributed by atoms with Crippen molar-refractivity contribution < 1.29 is 0 Å². The number of aryl methyl sites for hydroxylation is 3. The average Bonchev–Trinajstić information content (AvgIpc) is 2.54. The molecule has 0 nitrogen and oxygen atoms in total.